The molecule has 192 valence electrons. The fourth-order valence-electron chi connectivity index (χ4n) is 3.30. The standard InChI is InChI=1S/C26H27ClN6O3S/c1-26(2,28)25(34)29-16-8-7-9-18(14-16)37(4,35)33-24-23(30-20-10-5-6-11-21(20)31-24)32-22-15-17(36-3)12-13-19(22)27/h5-15H,4,28H2,1-3H3,(H,29,34)(H,30,32)(H,31,33,35). The number of hydrogen-bond donors (Lipinski definition) is 4. The first-order valence-corrected chi connectivity index (χ1v) is 13.3. The van der Waals surface area contributed by atoms with Crippen molar-refractivity contribution < 1.29 is 13.7 Å². The largest absolute Gasteiger partial charge is 0.497 e. The van der Waals surface area contributed by atoms with Gasteiger partial charge in [-0.3, -0.25) is 9.52 Å². The minimum absolute atomic E-state index is 0.204. The SMILES string of the molecule is C=S(=O)(Nc1nc2ccccc2nc1Nc1cc(OC)ccc1Cl)c1cccc(NC(=O)C(C)(C)N)c1. The fraction of sp³-hybridized carbons (Fsp3) is 0.154. The van der Waals surface area contributed by atoms with Crippen LogP contribution >= 0.6 is 11.6 Å². The monoisotopic (exact) mass is 538 g/mol. The molecule has 1 heterocycles. The van der Waals surface area contributed by atoms with E-state index in [1.165, 1.54) is 0 Å². The van der Waals surface area contributed by atoms with Crippen LogP contribution < -0.4 is 25.8 Å². The highest BCUT2D eigenvalue weighted by Gasteiger charge is 2.22. The van der Waals surface area contributed by atoms with Crippen molar-refractivity contribution in [1.29, 1.82) is 0 Å². The molecule has 37 heavy (non-hydrogen) atoms. The van der Waals surface area contributed by atoms with Gasteiger partial charge >= 0.3 is 0 Å². The number of fused-ring (bicyclic) bond motifs is 1. The average molecular weight is 539 g/mol. The first-order valence-electron chi connectivity index (χ1n) is 11.2. The Morgan fingerprint density at radius 2 is 1.70 bits per heavy atom. The molecule has 1 atom stereocenters. The molecule has 9 nitrogen and oxygen atoms in total. The summed E-state index contributed by atoms with van der Waals surface area (Å²) >= 11 is 6.39. The van der Waals surface area contributed by atoms with Crippen molar-refractivity contribution in [2.45, 2.75) is 24.3 Å². The molecule has 3 aromatic carbocycles. The zero-order valence-corrected chi connectivity index (χ0v) is 22.1. The molecule has 0 saturated heterocycles. The molecule has 11 heteroatoms. The van der Waals surface area contributed by atoms with Crippen LogP contribution in [-0.2, 0) is 14.5 Å². The molecule has 5 N–H and O–H groups in total. The quantitative estimate of drug-likeness (QED) is 0.237. The summed E-state index contributed by atoms with van der Waals surface area (Å²) in [6.07, 6.45) is 0. The Hall–Kier alpha value is -3.86. The van der Waals surface area contributed by atoms with Gasteiger partial charge in [0.1, 0.15) is 5.75 Å². The first-order chi connectivity index (χ1) is 17.5. The molecule has 0 fully saturated rings. The van der Waals surface area contributed by atoms with Crippen LogP contribution in [0.3, 0.4) is 0 Å². The van der Waals surface area contributed by atoms with E-state index < -0.39 is 15.2 Å². The third-order valence-electron chi connectivity index (χ3n) is 5.32. The number of amides is 1. The van der Waals surface area contributed by atoms with Gasteiger partial charge in [-0.2, -0.15) is 0 Å². The molecule has 4 rings (SSSR count). The van der Waals surface area contributed by atoms with Crippen molar-refractivity contribution in [1.82, 2.24) is 9.97 Å². The number of rotatable bonds is 8. The molecule has 1 unspecified atom stereocenters. The van der Waals surface area contributed by atoms with E-state index in [1.54, 1.807) is 69.5 Å². The first kappa shape index (κ1) is 26.2. The van der Waals surface area contributed by atoms with Crippen LogP contribution in [0.1, 0.15) is 13.8 Å². The van der Waals surface area contributed by atoms with E-state index >= 15 is 0 Å². The van der Waals surface area contributed by atoms with Gasteiger partial charge in [-0.05, 0) is 62.2 Å². The van der Waals surface area contributed by atoms with E-state index in [1.807, 2.05) is 18.2 Å². The second-order valence-corrected chi connectivity index (χ2v) is 11.3. The van der Waals surface area contributed by atoms with Crippen LogP contribution in [0.5, 0.6) is 5.75 Å². The predicted octanol–water partition coefficient (Wildman–Crippen LogP) is 4.81. The van der Waals surface area contributed by atoms with Gasteiger partial charge in [0.25, 0.3) is 0 Å². The third kappa shape index (κ3) is 6.11. The van der Waals surface area contributed by atoms with E-state index in [0.29, 0.717) is 43.9 Å². The molecular formula is C26H27ClN6O3S. The predicted molar refractivity (Wildman–Crippen MR) is 151 cm³/mol. The van der Waals surface area contributed by atoms with E-state index in [9.17, 15) is 9.00 Å². The molecule has 4 aromatic rings. The van der Waals surface area contributed by atoms with E-state index in [2.05, 4.69) is 31.2 Å². The number of carbonyl (C=O) groups is 1. The van der Waals surface area contributed by atoms with Gasteiger partial charge in [0, 0.05) is 11.8 Å². The zero-order valence-electron chi connectivity index (χ0n) is 20.5. The van der Waals surface area contributed by atoms with Crippen molar-refractivity contribution >= 4 is 67.1 Å². The normalized spacial score (nSPS) is 13.0. The lowest BCUT2D eigenvalue weighted by Gasteiger charge is -2.19. The summed E-state index contributed by atoms with van der Waals surface area (Å²) in [4.78, 5) is 22.0. The van der Waals surface area contributed by atoms with E-state index in [0.717, 1.165) is 0 Å². The van der Waals surface area contributed by atoms with Gasteiger partial charge in [-0.1, -0.05) is 29.8 Å². The number of nitrogens with one attached hydrogen (secondary N) is 3. The van der Waals surface area contributed by atoms with E-state index in [-0.39, 0.29) is 11.7 Å². The summed E-state index contributed by atoms with van der Waals surface area (Å²) in [6.45, 7) is 3.19. The van der Waals surface area contributed by atoms with E-state index in [4.69, 9.17) is 22.1 Å². The van der Waals surface area contributed by atoms with Crippen molar-refractivity contribution in [2.24, 2.45) is 5.73 Å². The molecule has 0 spiro atoms. The molecular weight excluding hydrogens is 512 g/mol. The number of ether oxygens (including phenoxy) is 1. The molecule has 0 aliphatic carbocycles. The van der Waals surface area contributed by atoms with Gasteiger partial charge in [0.05, 0.1) is 49.0 Å². The maximum atomic E-state index is 13.8. The summed E-state index contributed by atoms with van der Waals surface area (Å²) in [5.41, 5.74) is 6.97. The lowest BCUT2D eigenvalue weighted by molar-refractivity contribution is -0.120. The molecule has 1 aromatic heterocycles. The summed E-state index contributed by atoms with van der Waals surface area (Å²) in [6, 6.07) is 19.0. The molecule has 0 saturated carbocycles. The van der Waals surface area contributed by atoms with Gasteiger partial charge in [-0.15, -0.1) is 0 Å². The minimum Gasteiger partial charge on any atom is -0.497 e. The number of anilines is 4. The van der Waals surface area contributed by atoms with Crippen LogP contribution in [0.4, 0.5) is 23.0 Å². The van der Waals surface area contributed by atoms with Crippen LogP contribution in [0.25, 0.3) is 11.0 Å². The lowest BCUT2D eigenvalue weighted by atomic mass is 10.1. The maximum absolute atomic E-state index is 13.8. The fourth-order valence-corrected chi connectivity index (χ4v) is 4.65. The lowest BCUT2D eigenvalue weighted by Crippen LogP contribution is -2.45. The minimum atomic E-state index is -3.15. The molecule has 0 aliphatic rings. The van der Waals surface area contributed by atoms with Crippen LogP contribution in [0.15, 0.2) is 71.6 Å². The van der Waals surface area contributed by atoms with Crippen LogP contribution in [0, 0.1) is 0 Å². The second-order valence-electron chi connectivity index (χ2n) is 8.86. The number of aromatic nitrogens is 2. The third-order valence-corrected chi connectivity index (χ3v) is 7.18. The zero-order chi connectivity index (χ0) is 26.8. The molecule has 0 radical (unpaired) electrons. The second kappa shape index (κ2) is 10.3. The van der Waals surface area contributed by atoms with Crippen LogP contribution in [0.2, 0.25) is 5.02 Å². The summed E-state index contributed by atoms with van der Waals surface area (Å²) in [7, 11) is -1.59. The smallest absolute Gasteiger partial charge is 0.243 e. The number of methoxy groups -OCH3 is 1. The van der Waals surface area contributed by atoms with Crippen molar-refractivity contribution in [3.05, 3.63) is 71.8 Å². The molecule has 1 amide bonds. The molecule has 0 bridgehead atoms. The number of para-hydroxylation sites is 2. The van der Waals surface area contributed by atoms with Crippen LogP contribution in [-0.4, -0.2) is 38.6 Å². The van der Waals surface area contributed by atoms with Crippen molar-refractivity contribution in [3.63, 3.8) is 0 Å². The summed E-state index contributed by atoms with van der Waals surface area (Å²) in [5.74, 6) is 4.62. The number of halogens is 1. The molecule has 0 aliphatic heterocycles. The van der Waals surface area contributed by atoms with Crippen molar-refractivity contribution in [2.75, 3.05) is 22.5 Å². The van der Waals surface area contributed by atoms with Gasteiger partial charge in [0.15, 0.2) is 11.6 Å². The average Bonchev–Trinajstić information content (AvgIpc) is 2.85. The Morgan fingerprint density at radius 3 is 2.35 bits per heavy atom. The van der Waals surface area contributed by atoms with Gasteiger partial charge < -0.3 is 21.1 Å². The number of benzene rings is 3. The number of nitrogens with zero attached hydrogens (tertiary/aromatic N) is 2. The Balaban J connectivity index is 1.72. The number of hydrogen-bond acceptors (Lipinski definition) is 7. The number of carbonyl (C=O) groups excluding carboxylic acids is 1. The highest BCUT2D eigenvalue weighted by Crippen LogP contribution is 2.33. The van der Waals surface area contributed by atoms with Crippen molar-refractivity contribution in [3.8, 4) is 5.75 Å². The Labute approximate surface area is 220 Å². The number of nitrogens with two attached hydrogens (primary N) is 1. The Bertz CT molecular complexity index is 1590. The van der Waals surface area contributed by atoms with Gasteiger partial charge in [-0.25, -0.2) is 14.2 Å². The highest BCUT2D eigenvalue weighted by molar-refractivity contribution is 8.01. The maximum Gasteiger partial charge on any atom is 0.243 e. The summed E-state index contributed by atoms with van der Waals surface area (Å²) < 4.78 is 22.0. The summed E-state index contributed by atoms with van der Waals surface area (Å²) in [5, 5.41) is 6.33. The Morgan fingerprint density at radius 1 is 1.03 bits per heavy atom. The Kier molecular flexibility index (Phi) is 7.26. The van der Waals surface area contributed by atoms with Gasteiger partial charge in [0.2, 0.25) is 5.91 Å². The highest BCUT2D eigenvalue weighted by atomic mass is 35.5. The topological polar surface area (TPSA) is 131 Å².